The molecule has 9 heteroatoms. The summed E-state index contributed by atoms with van der Waals surface area (Å²) < 4.78 is 38.8. The molecule has 166 valence electrons. The lowest BCUT2D eigenvalue weighted by atomic mass is 10.1. The maximum atomic E-state index is 13.1. The number of rotatable bonds is 4. The molecule has 1 saturated heterocycles. The highest BCUT2D eigenvalue weighted by Gasteiger charge is 2.30. The lowest BCUT2D eigenvalue weighted by molar-refractivity contribution is 0.171. The summed E-state index contributed by atoms with van der Waals surface area (Å²) in [5, 5.41) is 8.78. The molecule has 3 aromatic rings. The molecule has 0 radical (unpaired) electrons. The second-order valence-corrected chi connectivity index (χ2v) is 9.73. The Hall–Kier alpha value is -3.17. The van der Waals surface area contributed by atoms with Crippen molar-refractivity contribution in [3.63, 3.8) is 0 Å². The van der Waals surface area contributed by atoms with Crippen molar-refractivity contribution < 1.29 is 17.9 Å². The largest absolute Gasteiger partial charge is 0.486 e. The summed E-state index contributed by atoms with van der Waals surface area (Å²) in [4.78, 5) is 2.28. The van der Waals surface area contributed by atoms with Gasteiger partial charge in [0.1, 0.15) is 13.2 Å². The van der Waals surface area contributed by atoms with E-state index in [1.807, 2.05) is 43.3 Å². The molecule has 1 aromatic heterocycles. The molecule has 0 unspecified atom stereocenters. The van der Waals surface area contributed by atoms with Gasteiger partial charge in [0.25, 0.3) is 0 Å². The molecular formula is C23H24N4O4S. The van der Waals surface area contributed by atoms with E-state index in [1.54, 1.807) is 18.2 Å². The monoisotopic (exact) mass is 452 g/mol. The number of ether oxygens (including phenoxy) is 2. The molecule has 32 heavy (non-hydrogen) atoms. The van der Waals surface area contributed by atoms with Gasteiger partial charge in [-0.25, -0.2) is 8.42 Å². The fourth-order valence-electron chi connectivity index (χ4n) is 3.99. The third-order valence-corrected chi connectivity index (χ3v) is 7.68. The van der Waals surface area contributed by atoms with Gasteiger partial charge >= 0.3 is 0 Å². The SMILES string of the molecule is Cc1ccccc1-c1ccc(N2CCN(S(=O)(=O)c3ccc4c(c3)OCCO4)CC2)nn1. The molecule has 8 nitrogen and oxygen atoms in total. The van der Waals surface area contributed by atoms with E-state index >= 15 is 0 Å². The van der Waals surface area contributed by atoms with Crippen LogP contribution in [-0.4, -0.2) is 62.3 Å². The molecular weight excluding hydrogens is 428 g/mol. The first-order valence-corrected chi connectivity index (χ1v) is 12.0. The van der Waals surface area contributed by atoms with Crippen LogP contribution in [0.2, 0.25) is 0 Å². The zero-order valence-corrected chi connectivity index (χ0v) is 18.6. The number of piperazine rings is 1. The number of aryl methyl sites for hydroxylation is 1. The van der Waals surface area contributed by atoms with Crippen molar-refractivity contribution in [1.82, 2.24) is 14.5 Å². The average Bonchev–Trinajstić information content (AvgIpc) is 2.84. The average molecular weight is 453 g/mol. The summed E-state index contributed by atoms with van der Waals surface area (Å²) in [6.07, 6.45) is 0. The van der Waals surface area contributed by atoms with E-state index in [-0.39, 0.29) is 4.90 Å². The standard InChI is InChI=1S/C23H24N4O4S/c1-17-4-2-3-5-19(17)20-7-9-23(25-24-20)26-10-12-27(13-11-26)32(28,29)18-6-8-21-22(16-18)31-15-14-30-21/h2-9,16H,10-15H2,1H3. The van der Waals surface area contributed by atoms with Crippen LogP contribution < -0.4 is 14.4 Å². The van der Waals surface area contributed by atoms with Crippen LogP contribution >= 0.6 is 0 Å². The Morgan fingerprint density at radius 1 is 0.844 bits per heavy atom. The van der Waals surface area contributed by atoms with E-state index in [0.717, 1.165) is 22.6 Å². The van der Waals surface area contributed by atoms with Crippen LogP contribution in [0.1, 0.15) is 5.56 Å². The Labute approximate surface area is 187 Å². The van der Waals surface area contributed by atoms with Gasteiger partial charge in [-0.2, -0.15) is 4.31 Å². The minimum atomic E-state index is -3.61. The molecule has 0 N–H and O–H groups in total. The molecule has 1 fully saturated rings. The van der Waals surface area contributed by atoms with Crippen LogP contribution in [0.5, 0.6) is 11.5 Å². The van der Waals surface area contributed by atoms with Crippen molar-refractivity contribution in [3.8, 4) is 22.8 Å². The van der Waals surface area contributed by atoms with Gasteiger partial charge in [-0.3, -0.25) is 0 Å². The summed E-state index contributed by atoms with van der Waals surface area (Å²) in [5.74, 6) is 1.80. The van der Waals surface area contributed by atoms with Crippen LogP contribution in [0, 0.1) is 6.92 Å². The number of fused-ring (bicyclic) bond motifs is 1. The van der Waals surface area contributed by atoms with Crippen molar-refractivity contribution in [2.45, 2.75) is 11.8 Å². The number of aromatic nitrogens is 2. The number of nitrogens with zero attached hydrogens (tertiary/aromatic N) is 4. The van der Waals surface area contributed by atoms with E-state index < -0.39 is 10.0 Å². The van der Waals surface area contributed by atoms with Gasteiger partial charge in [-0.1, -0.05) is 24.3 Å². The van der Waals surface area contributed by atoms with Crippen molar-refractivity contribution in [3.05, 3.63) is 60.2 Å². The van der Waals surface area contributed by atoms with E-state index in [2.05, 4.69) is 15.1 Å². The van der Waals surface area contributed by atoms with Crippen LogP contribution in [-0.2, 0) is 10.0 Å². The predicted molar refractivity (Wildman–Crippen MR) is 121 cm³/mol. The summed E-state index contributed by atoms with van der Waals surface area (Å²) in [6.45, 7) is 4.77. The first-order valence-electron chi connectivity index (χ1n) is 10.6. The minimum absolute atomic E-state index is 0.220. The number of benzene rings is 2. The molecule has 2 aliphatic rings. The smallest absolute Gasteiger partial charge is 0.243 e. The summed E-state index contributed by atoms with van der Waals surface area (Å²) >= 11 is 0. The Kier molecular flexibility index (Phi) is 5.44. The van der Waals surface area contributed by atoms with E-state index in [4.69, 9.17) is 9.47 Å². The van der Waals surface area contributed by atoms with Crippen LogP contribution in [0.4, 0.5) is 5.82 Å². The second kappa shape index (κ2) is 8.40. The highest BCUT2D eigenvalue weighted by atomic mass is 32.2. The summed E-state index contributed by atoms with van der Waals surface area (Å²) in [5.41, 5.74) is 3.03. The maximum Gasteiger partial charge on any atom is 0.243 e. The van der Waals surface area contributed by atoms with E-state index in [9.17, 15) is 8.42 Å². The Bertz CT molecular complexity index is 1220. The Morgan fingerprint density at radius 2 is 1.59 bits per heavy atom. The fraction of sp³-hybridized carbons (Fsp3) is 0.304. The number of sulfonamides is 1. The quantitative estimate of drug-likeness (QED) is 0.602. The van der Waals surface area contributed by atoms with Gasteiger partial charge in [0, 0.05) is 37.8 Å². The van der Waals surface area contributed by atoms with Gasteiger partial charge < -0.3 is 14.4 Å². The third-order valence-electron chi connectivity index (χ3n) is 5.79. The van der Waals surface area contributed by atoms with Crippen LogP contribution in [0.3, 0.4) is 0 Å². The second-order valence-electron chi connectivity index (χ2n) is 7.79. The van der Waals surface area contributed by atoms with Gasteiger partial charge in [0.15, 0.2) is 17.3 Å². The van der Waals surface area contributed by atoms with E-state index in [0.29, 0.717) is 50.9 Å². The minimum Gasteiger partial charge on any atom is -0.486 e. The molecule has 2 aromatic carbocycles. The maximum absolute atomic E-state index is 13.1. The van der Waals surface area contributed by atoms with Gasteiger partial charge in [-0.15, -0.1) is 10.2 Å². The van der Waals surface area contributed by atoms with Gasteiger partial charge in [0.2, 0.25) is 10.0 Å². The predicted octanol–water partition coefficient (Wildman–Crippen LogP) is 2.73. The highest BCUT2D eigenvalue weighted by molar-refractivity contribution is 7.89. The summed E-state index contributed by atoms with van der Waals surface area (Å²) in [7, 11) is -3.61. The number of hydrogen-bond donors (Lipinski definition) is 0. The van der Waals surface area contributed by atoms with Crippen LogP contribution in [0.25, 0.3) is 11.3 Å². The van der Waals surface area contributed by atoms with Crippen molar-refractivity contribution in [2.24, 2.45) is 0 Å². The molecule has 0 atom stereocenters. The first-order chi connectivity index (χ1) is 15.5. The molecule has 0 aliphatic carbocycles. The number of hydrogen-bond acceptors (Lipinski definition) is 7. The van der Waals surface area contributed by atoms with Crippen molar-refractivity contribution >= 4 is 15.8 Å². The highest BCUT2D eigenvalue weighted by Crippen LogP contribution is 2.33. The van der Waals surface area contributed by atoms with Gasteiger partial charge in [-0.05, 0) is 36.8 Å². The lowest BCUT2D eigenvalue weighted by Crippen LogP contribution is -2.49. The molecule has 0 amide bonds. The Balaban J connectivity index is 1.27. The topological polar surface area (TPSA) is 84.9 Å². The van der Waals surface area contributed by atoms with Crippen molar-refractivity contribution in [1.29, 1.82) is 0 Å². The number of anilines is 1. The van der Waals surface area contributed by atoms with Crippen LogP contribution in [0.15, 0.2) is 59.5 Å². The zero-order chi connectivity index (χ0) is 22.1. The normalized spacial score (nSPS) is 16.7. The molecule has 0 saturated carbocycles. The third kappa shape index (κ3) is 3.89. The summed E-state index contributed by atoms with van der Waals surface area (Å²) in [6, 6.07) is 16.7. The molecule has 3 heterocycles. The van der Waals surface area contributed by atoms with Crippen molar-refractivity contribution in [2.75, 3.05) is 44.3 Å². The lowest BCUT2D eigenvalue weighted by Gasteiger charge is -2.34. The van der Waals surface area contributed by atoms with Gasteiger partial charge in [0.05, 0.1) is 10.6 Å². The van der Waals surface area contributed by atoms with E-state index in [1.165, 1.54) is 4.31 Å². The zero-order valence-electron chi connectivity index (χ0n) is 17.8. The molecule has 5 rings (SSSR count). The molecule has 2 aliphatic heterocycles. The molecule has 0 spiro atoms. The fourth-order valence-corrected chi connectivity index (χ4v) is 5.43. The molecule has 0 bridgehead atoms. The Morgan fingerprint density at radius 3 is 2.31 bits per heavy atom. The first kappa shape index (κ1) is 20.7.